The van der Waals surface area contributed by atoms with E-state index in [2.05, 4.69) is 20.0 Å². The maximum atomic E-state index is 12.8. The minimum atomic E-state index is -0.218. The van der Waals surface area contributed by atoms with Gasteiger partial charge in [0.1, 0.15) is 6.04 Å². The van der Waals surface area contributed by atoms with Crippen molar-refractivity contribution in [3.05, 3.63) is 36.9 Å². The fourth-order valence-corrected chi connectivity index (χ4v) is 2.94. The Bertz CT molecular complexity index is 615. The lowest BCUT2D eigenvalue weighted by molar-refractivity contribution is -0.135. The van der Waals surface area contributed by atoms with Crippen LogP contribution in [0.25, 0.3) is 0 Å². The molecule has 0 radical (unpaired) electrons. The zero-order valence-electron chi connectivity index (χ0n) is 13.4. The molecular weight excluding hydrogens is 292 g/mol. The Kier molecular flexibility index (Phi) is 4.85. The maximum Gasteiger partial charge on any atom is 0.247 e. The number of nitrogens with zero attached hydrogens (tertiary/aromatic N) is 6. The van der Waals surface area contributed by atoms with Crippen molar-refractivity contribution in [2.75, 3.05) is 31.1 Å². The van der Waals surface area contributed by atoms with Crippen LogP contribution in [0, 0.1) is 0 Å². The van der Waals surface area contributed by atoms with Gasteiger partial charge in [-0.05, 0) is 25.0 Å². The molecule has 0 N–H and O–H groups in total. The molecule has 122 valence electrons. The van der Waals surface area contributed by atoms with E-state index < -0.39 is 0 Å². The molecule has 1 amide bonds. The number of hydrogen-bond donors (Lipinski definition) is 0. The summed E-state index contributed by atoms with van der Waals surface area (Å²) in [6.45, 7) is 5.10. The number of anilines is 1. The van der Waals surface area contributed by atoms with Crippen molar-refractivity contribution >= 4 is 11.9 Å². The molecular formula is C16H22N6O. The molecule has 7 heteroatoms. The van der Waals surface area contributed by atoms with E-state index >= 15 is 0 Å². The van der Waals surface area contributed by atoms with Gasteiger partial charge in [-0.1, -0.05) is 6.92 Å². The SMILES string of the molecule is CC[C@@H](C(=O)N1CCCN(c2ncccn2)CC1)n1cccn1. The summed E-state index contributed by atoms with van der Waals surface area (Å²) in [7, 11) is 0. The Balaban J connectivity index is 1.66. The van der Waals surface area contributed by atoms with Gasteiger partial charge < -0.3 is 9.80 Å². The molecule has 3 rings (SSSR count). The highest BCUT2D eigenvalue weighted by molar-refractivity contribution is 5.80. The monoisotopic (exact) mass is 314 g/mol. The predicted molar refractivity (Wildman–Crippen MR) is 87.0 cm³/mol. The van der Waals surface area contributed by atoms with E-state index in [1.165, 1.54) is 0 Å². The van der Waals surface area contributed by atoms with E-state index in [9.17, 15) is 4.79 Å². The normalized spacial score (nSPS) is 16.9. The molecule has 1 aliphatic rings. The quantitative estimate of drug-likeness (QED) is 0.852. The minimum absolute atomic E-state index is 0.145. The molecule has 2 aromatic heterocycles. The molecule has 1 saturated heterocycles. The van der Waals surface area contributed by atoms with Crippen LogP contribution in [0.3, 0.4) is 0 Å². The van der Waals surface area contributed by atoms with Gasteiger partial charge in [0, 0.05) is 51.0 Å². The van der Waals surface area contributed by atoms with Crippen LogP contribution in [-0.2, 0) is 4.79 Å². The van der Waals surface area contributed by atoms with Crippen molar-refractivity contribution < 1.29 is 4.79 Å². The molecule has 1 aliphatic heterocycles. The lowest BCUT2D eigenvalue weighted by atomic mass is 10.2. The Morgan fingerprint density at radius 3 is 2.65 bits per heavy atom. The third-order valence-corrected chi connectivity index (χ3v) is 4.16. The van der Waals surface area contributed by atoms with E-state index in [-0.39, 0.29) is 11.9 Å². The molecule has 0 bridgehead atoms. The maximum absolute atomic E-state index is 12.8. The number of hydrogen-bond acceptors (Lipinski definition) is 5. The van der Waals surface area contributed by atoms with Crippen molar-refractivity contribution in [2.45, 2.75) is 25.8 Å². The van der Waals surface area contributed by atoms with Crippen LogP contribution in [0.2, 0.25) is 0 Å². The first-order valence-corrected chi connectivity index (χ1v) is 8.09. The molecule has 1 fully saturated rings. The Morgan fingerprint density at radius 2 is 1.96 bits per heavy atom. The second-order valence-electron chi connectivity index (χ2n) is 5.62. The van der Waals surface area contributed by atoms with E-state index in [0.717, 1.165) is 38.4 Å². The van der Waals surface area contributed by atoms with Gasteiger partial charge in [0.25, 0.3) is 0 Å². The summed E-state index contributed by atoms with van der Waals surface area (Å²) < 4.78 is 1.76. The lowest BCUT2D eigenvalue weighted by Crippen LogP contribution is -2.40. The third-order valence-electron chi connectivity index (χ3n) is 4.16. The van der Waals surface area contributed by atoms with Crippen molar-refractivity contribution in [3.63, 3.8) is 0 Å². The van der Waals surface area contributed by atoms with E-state index in [1.807, 2.05) is 30.2 Å². The molecule has 1 atom stereocenters. The highest BCUT2D eigenvalue weighted by atomic mass is 16.2. The van der Waals surface area contributed by atoms with Crippen LogP contribution in [0.4, 0.5) is 5.95 Å². The first kappa shape index (κ1) is 15.5. The van der Waals surface area contributed by atoms with Crippen LogP contribution in [0.15, 0.2) is 36.9 Å². The topological polar surface area (TPSA) is 67.2 Å². The number of carbonyl (C=O) groups is 1. The number of amides is 1. The van der Waals surface area contributed by atoms with Gasteiger partial charge in [-0.15, -0.1) is 0 Å². The second kappa shape index (κ2) is 7.21. The van der Waals surface area contributed by atoms with Crippen molar-refractivity contribution in [1.82, 2.24) is 24.6 Å². The zero-order chi connectivity index (χ0) is 16.1. The van der Waals surface area contributed by atoms with Crippen molar-refractivity contribution in [2.24, 2.45) is 0 Å². The summed E-state index contributed by atoms with van der Waals surface area (Å²) in [6, 6.07) is 3.45. The van der Waals surface area contributed by atoms with Gasteiger partial charge in [-0.25, -0.2) is 9.97 Å². The van der Waals surface area contributed by atoms with Crippen molar-refractivity contribution in [3.8, 4) is 0 Å². The first-order valence-electron chi connectivity index (χ1n) is 8.09. The zero-order valence-corrected chi connectivity index (χ0v) is 13.4. The summed E-state index contributed by atoms with van der Waals surface area (Å²) in [6.07, 6.45) is 8.73. The molecule has 2 aromatic rings. The van der Waals surface area contributed by atoms with Crippen LogP contribution in [-0.4, -0.2) is 56.7 Å². The van der Waals surface area contributed by atoms with Gasteiger partial charge in [-0.2, -0.15) is 5.10 Å². The van der Waals surface area contributed by atoms with Crippen LogP contribution < -0.4 is 4.90 Å². The van der Waals surface area contributed by atoms with Crippen molar-refractivity contribution in [1.29, 1.82) is 0 Å². The van der Waals surface area contributed by atoms with E-state index in [4.69, 9.17) is 0 Å². The average molecular weight is 314 g/mol. The molecule has 3 heterocycles. The third kappa shape index (κ3) is 3.49. The average Bonchev–Trinajstić information content (AvgIpc) is 3.00. The van der Waals surface area contributed by atoms with Gasteiger partial charge in [0.05, 0.1) is 0 Å². The highest BCUT2D eigenvalue weighted by Gasteiger charge is 2.27. The second-order valence-corrected chi connectivity index (χ2v) is 5.62. The fourth-order valence-electron chi connectivity index (χ4n) is 2.94. The molecule has 0 unspecified atom stereocenters. The molecule has 7 nitrogen and oxygen atoms in total. The van der Waals surface area contributed by atoms with Gasteiger partial charge in [0.15, 0.2) is 0 Å². The lowest BCUT2D eigenvalue weighted by Gasteiger charge is -2.26. The fraction of sp³-hybridized carbons (Fsp3) is 0.500. The summed E-state index contributed by atoms with van der Waals surface area (Å²) in [5, 5.41) is 4.23. The molecule has 0 aliphatic carbocycles. The Hall–Kier alpha value is -2.44. The summed E-state index contributed by atoms with van der Waals surface area (Å²) in [5.41, 5.74) is 0. The Morgan fingerprint density at radius 1 is 1.13 bits per heavy atom. The summed E-state index contributed by atoms with van der Waals surface area (Å²) >= 11 is 0. The predicted octanol–water partition coefficient (Wildman–Crippen LogP) is 1.36. The van der Waals surface area contributed by atoms with E-state index in [0.29, 0.717) is 6.54 Å². The molecule has 0 spiro atoms. The van der Waals surface area contributed by atoms with Crippen LogP contribution in [0.1, 0.15) is 25.8 Å². The molecule has 0 saturated carbocycles. The minimum Gasteiger partial charge on any atom is -0.339 e. The Labute approximate surface area is 135 Å². The van der Waals surface area contributed by atoms with Gasteiger partial charge in [0.2, 0.25) is 11.9 Å². The summed E-state index contributed by atoms with van der Waals surface area (Å²) in [4.78, 5) is 25.5. The molecule has 0 aromatic carbocycles. The number of rotatable bonds is 4. The molecule has 23 heavy (non-hydrogen) atoms. The van der Waals surface area contributed by atoms with Crippen LogP contribution in [0.5, 0.6) is 0 Å². The van der Waals surface area contributed by atoms with E-state index in [1.54, 1.807) is 23.3 Å². The first-order chi connectivity index (χ1) is 11.3. The standard InChI is InChI=1S/C16H22N6O/c1-2-14(22-11-4-8-19-22)15(23)20-9-5-10-21(13-12-20)16-17-6-3-7-18-16/h3-4,6-8,11,14H,2,5,9-10,12-13H2,1H3/t14-/m0/s1. The van der Waals surface area contributed by atoms with Gasteiger partial charge in [-0.3, -0.25) is 9.48 Å². The van der Waals surface area contributed by atoms with Crippen LogP contribution >= 0.6 is 0 Å². The number of carbonyl (C=O) groups excluding carboxylic acids is 1. The smallest absolute Gasteiger partial charge is 0.247 e. The number of aromatic nitrogens is 4. The summed E-state index contributed by atoms with van der Waals surface area (Å²) in [5.74, 6) is 0.882. The van der Waals surface area contributed by atoms with Gasteiger partial charge >= 0.3 is 0 Å². The largest absolute Gasteiger partial charge is 0.339 e. The highest BCUT2D eigenvalue weighted by Crippen LogP contribution is 2.17.